The van der Waals surface area contributed by atoms with Crippen LogP contribution in [0.25, 0.3) is 0 Å². The van der Waals surface area contributed by atoms with Crippen molar-refractivity contribution >= 4 is 0 Å². The summed E-state index contributed by atoms with van der Waals surface area (Å²) in [7, 11) is 2.06. The second kappa shape index (κ2) is 5.65. The summed E-state index contributed by atoms with van der Waals surface area (Å²) in [6.07, 6.45) is 6.77. The third-order valence-electron chi connectivity index (χ3n) is 3.87. The summed E-state index contributed by atoms with van der Waals surface area (Å²) in [5.41, 5.74) is 1.34. The summed E-state index contributed by atoms with van der Waals surface area (Å²) in [5.74, 6) is 0. The van der Waals surface area contributed by atoms with Gasteiger partial charge in [0.15, 0.2) is 0 Å². The lowest BCUT2D eigenvalue weighted by molar-refractivity contribution is 0.149. The molecule has 17 heavy (non-hydrogen) atoms. The molecule has 1 aliphatic rings. The van der Waals surface area contributed by atoms with Crippen LogP contribution in [0.3, 0.4) is 0 Å². The summed E-state index contributed by atoms with van der Waals surface area (Å²) >= 11 is 0. The first-order valence-corrected chi connectivity index (χ1v) is 6.68. The van der Waals surface area contributed by atoms with E-state index in [2.05, 4.69) is 42.4 Å². The molecular formula is C13H24N4. The molecule has 0 radical (unpaired) electrons. The molecule has 1 saturated heterocycles. The van der Waals surface area contributed by atoms with E-state index >= 15 is 0 Å². The number of nitrogens with zero attached hydrogens (tertiary/aromatic N) is 3. The molecule has 2 heterocycles. The van der Waals surface area contributed by atoms with Crippen molar-refractivity contribution in [2.45, 2.75) is 45.3 Å². The predicted octanol–water partition coefficient (Wildman–Crippen LogP) is 1.65. The van der Waals surface area contributed by atoms with Crippen molar-refractivity contribution in [1.82, 2.24) is 20.0 Å². The van der Waals surface area contributed by atoms with Gasteiger partial charge in [-0.15, -0.1) is 0 Å². The minimum Gasteiger partial charge on any atom is -0.316 e. The first-order valence-electron chi connectivity index (χ1n) is 6.68. The summed E-state index contributed by atoms with van der Waals surface area (Å²) < 4.78 is 2.01. The highest BCUT2D eigenvalue weighted by Crippen LogP contribution is 2.23. The van der Waals surface area contributed by atoms with E-state index in [1.54, 1.807) is 0 Å². The molecule has 1 aliphatic heterocycles. The molecule has 0 spiro atoms. The van der Waals surface area contributed by atoms with Crippen LogP contribution in [-0.2, 0) is 6.54 Å². The number of likely N-dealkylation sites (tertiary alicyclic amines) is 1. The van der Waals surface area contributed by atoms with Gasteiger partial charge in [-0.3, -0.25) is 9.58 Å². The SMILES string of the molecule is CCn1cc(C(C)N2CCCC(NC)C2)cn1. The Morgan fingerprint density at radius 3 is 3.06 bits per heavy atom. The first kappa shape index (κ1) is 12.6. The normalized spacial score (nSPS) is 23.8. The number of hydrogen-bond acceptors (Lipinski definition) is 3. The average molecular weight is 236 g/mol. The number of rotatable bonds is 4. The van der Waals surface area contributed by atoms with Crippen molar-refractivity contribution in [3.8, 4) is 0 Å². The van der Waals surface area contributed by atoms with E-state index in [0.29, 0.717) is 12.1 Å². The van der Waals surface area contributed by atoms with Gasteiger partial charge in [0.25, 0.3) is 0 Å². The van der Waals surface area contributed by atoms with E-state index in [9.17, 15) is 0 Å². The largest absolute Gasteiger partial charge is 0.316 e. The molecule has 2 unspecified atom stereocenters. The van der Waals surface area contributed by atoms with Gasteiger partial charge in [0, 0.05) is 36.9 Å². The van der Waals surface area contributed by atoms with Crippen LogP contribution in [0.2, 0.25) is 0 Å². The number of hydrogen-bond donors (Lipinski definition) is 1. The number of nitrogens with one attached hydrogen (secondary N) is 1. The molecule has 1 N–H and O–H groups in total. The van der Waals surface area contributed by atoms with Gasteiger partial charge in [0.2, 0.25) is 0 Å². The van der Waals surface area contributed by atoms with E-state index in [4.69, 9.17) is 0 Å². The summed E-state index contributed by atoms with van der Waals surface area (Å²) in [5, 5.41) is 7.76. The summed E-state index contributed by atoms with van der Waals surface area (Å²) in [6.45, 7) is 7.71. The standard InChI is InChI=1S/C13H24N4/c1-4-17-9-12(8-15-17)11(2)16-7-5-6-13(10-16)14-3/h8-9,11,13-14H,4-7,10H2,1-3H3. The number of aryl methyl sites for hydroxylation is 1. The van der Waals surface area contributed by atoms with E-state index in [0.717, 1.165) is 13.1 Å². The molecular weight excluding hydrogens is 212 g/mol. The fourth-order valence-corrected chi connectivity index (χ4v) is 2.57. The lowest BCUT2D eigenvalue weighted by atomic mass is 10.0. The molecule has 1 aromatic heterocycles. The lowest BCUT2D eigenvalue weighted by Gasteiger charge is -2.36. The highest BCUT2D eigenvalue weighted by molar-refractivity contribution is 5.10. The smallest absolute Gasteiger partial charge is 0.0537 e. The molecule has 4 heteroatoms. The zero-order chi connectivity index (χ0) is 12.3. The molecule has 4 nitrogen and oxygen atoms in total. The third kappa shape index (κ3) is 2.87. The Kier molecular flexibility index (Phi) is 4.18. The maximum atomic E-state index is 4.36. The second-order valence-corrected chi connectivity index (χ2v) is 4.93. The first-order chi connectivity index (χ1) is 8.24. The minimum absolute atomic E-state index is 0.478. The van der Waals surface area contributed by atoms with E-state index in [1.165, 1.54) is 24.9 Å². The Bertz CT molecular complexity index is 347. The van der Waals surface area contributed by atoms with E-state index < -0.39 is 0 Å². The molecule has 2 rings (SSSR count). The highest BCUT2D eigenvalue weighted by atomic mass is 15.3. The maximum Gasteiger partial charge on any atom is 0.0537 e. The molecule has 0 aromatic carbocycles. The van der Waals surface area contributed by atoms with Gasteiger partial charge in [-0.05, 0) is 40.3 Å². The van der Waals surface area contributed by atoms with Crippen molar-refractivity contribution in [3.63, 3.8) is 0 Å². The fraction of sp³-hybridized carbons (Fsp3) is 0.769. The monoisotopic (exact) mass is 236 g/mol. The molecule has 0 aliphatic carbocycles. The van der Waals surface area contributed by atoms with Gasteiger partial charge in [-0.25, -0.2) is 0 Å². The Balaban J connectivity index is 2.00. The Labute approximate surface area is 104 Å². The van der Waals surface area contributed by atoms with Crippen LogP contribution < -0.4 is 5.32 Å². The van der Waals surface area contributed by atoms with Crippen molar-refractivity contribution in [1.29, 1.82) is 0 Å². The molecule has 0 saturated carbocycles. The van der Waals surface area contributed by atoms with Gasteiger partial charge >= 0.3 is 0 Å². The fourth-order valence-electron chi connectivity index (χ4n) is 2.57. The molecule has 0 amide bonds. The number of aromatic nitrogens is 2. The van der Waals surface area contributed by atoms with Crippen LogP contribution >= 0.6 is 0 Å². The maximum absolute atomic E-state index is 4.36. The number of piperidine rings is 1. The molecule has 0 bridgehead atoms. The zero-order valence-corrected chi connectivity index (χ0v) is 11.2. The Hall–Kier alpha value is -0.870. The van der Waals surface area contributed by atoms with Gasteiger partial charge in [-0.2, -0.15) is 5.10 Å². The van der Waals surface area contributed by atoms with Gasteiger partial charge < -0.3 is 5.32 Å². The lowest BCUT2D eigenvalue weighted by Crippen LogP contribution is -2.45. The average Bonchev–Trinajstić information content (AvgIpc) is 2.86. The van der Waals surface area contributed by atoms with Crippen LogP contribution in [-0.4, -0.2) is 40.9 Å². The summed E-state index contributed by atoms with van der Waals surface area (Å²) in [6, 6.07) is 1.12. The van der Waals surface area contributed by atoms with Gasteiger partial charge in [0.05, 0.1) is 6.20 Å². The third-order valence-corrected chi connectivity index (χ3v) is 3.87. The van der Waals surface area contributed by atoms with E-state index in [-0.39, 0.29) is 0 Å². The minimum atomic E-state index is 0.478. The van der Waals surface area contributed by atoms with Crippen LogP contribution in [0.1, 0.15) is 38.3 Å². The zero-order valence-electron chi connectivity index (χ0n) is 11.2. The number of likely N-dealkylation sites (N-methyl/N-ethyl adjacent to an activating group) is 1. The van der Waals surface area contributed by atoms with Gasteiger partial charge in [-0.1, -0.05) is 0 Å². The summed E-state index contributed by atoms with van der Waals surface area (Å²) in [4.78, 5) is 2.56. The molecule has 2 atom stereocenters. The highest BCUT2D eigenvalue weighted by Gasteiger charge is 2.23. The van der Waals surface area contributed by atoms with Crippen molar-refractivity contribution in [3.05, 3.63) is 18.0 Å². The topological polar surface area (TPSA) is 33.1 Å². The predicted molar refractivity (Wildman–Crippen MR) is 70.0 cm³/mol. The van der Waals surface area contributed by atoms with Gasteiger partial charge in [0.1, 0.15) is 0 Å². The molecule has 1 aromatic rings. The Morgan fingerprint density at radius 2 is 2.41 bits per heavy atom. The van der Waals surface area contributed by atoms with Crippen molar-refractivity contribution < 1.29 is 0 Å². The molecule has 96 valence electrons. The van der Waals surface area contributed by atoms with Crippen molar-refractivity contribution in [2.24, 2.45) is 0 Å². The second-order valence-electron chi connectivity index (χ2n) is 4.93. The van der Waals surface area contributed by atoms with Crippen molar-refractivity contribution in [2.75, 3.05) is 20.1 Å². The quantitative estimate of drug-likeness (QED) is 0.863. The van der Waals surface area contributed by atoms with Crippen LogP contribution in [0.4, 0.5) is 0 Å². The molecule has 1 fully saturated rings. The van der Waals surface area contributed by atoms with Crippen LogP contribution in [0.15, 0.2) is 12.4 Å². The van der Waals surface area contributed by atoms with Crippen LogP contribution in [0, 0.1) is 0 Å². The van der Waals surface area contributed by atoms with E-state index in [1.807, 2.05) is 10.9 Å². The Morgan fingerprint density at radius 1 is 1.59 bits per heavy atom. The van der Waals surface area contributed by atoms with Crippen LogP contribution in [0.5, 0.6) is 0 Å².